The van der Waals surface area contributed by atoms with E-state index < -0.39 is 0 Å². The summed E-state index contributed by atoms with van der Waals surface area (Å²) in [6.45, 7) is 0. The summed E-state index contributed by atoms with van der Waals surface area (Å²) < 4.78 is 1.15. The fourth-order valence-electron chi connectivity index (χ4n) is 1.77. The molecule has 2 heteroatoms. The summed E-state index contributed by atoms with van der Waals surface area (Å²) in [4.78, 5) is 0. The van der Waals surface area contributed by atoms with Crippen molar-refractivity contribution in [2.75, 3.05) is 10.3 Å². The number of halogens is 2. The Balaban J connectivity index is 2.90. The normalized spacial score (nSPS) is 11.4. The van der Waals surface area contributed by atoms with Crippen molar-refractivity contribution in [3.05, 3.63) is 12.2 Å². The lowest BCUT2D eigenvalue weighted by Gasteiger charge is -2.00. The van der Waals surface area contributed by atoms with Gasteiger partial charge in [0.25, 0.3) is 0 Å². The lowest BCUT2D eigenvalue weighted by atomic mass is 10.1. The van der Waals surface area contributed by atoms with Crippen LogP contribution in [0, 0.1) is 0 Å². The largest absolute Gasteiger partial charge is 0.127 e. The molecule has 0 aliphatic carbocycles. The van der Waals surface area contributed by atoms with Crippen molar-refractivity contribution < 1.29 is 0 Å². The fourth-order valence-corrected chi connectivity index (χ4v) is 2.32. The Kier molecular flexibility index (Phi) is 16.5. The second-order valence-electron chi connectivity index (χ2n) is 4.29. The topological polar surface area (TPSA) is 0 Å². The van der Waals surface area contributed by atoms with Crippen LogP contribution in [-0.4, -0.2) is 10.3 Å². The molecule has 0 atom stereocenters. The monoisotopic (exact) mass is 356 g/mol. The van der Waals surface area contributed by atoms with Crippen LogP contribution < -0.4 is 0 Å². The zero-order valence-corrected chi connectivity index (χ0v) is 13.3. The number of unbranched alkanes of at least 4 members (excludes halogenated alkanes) is 9. The molecule has 0 spiro atoms. The van der Waals surface area contributed by atoms with E-state index >= 15 is 0 Å². The van der Waals surface area contributed by atoms with E-state index in [1.807, 2.05) is 0 Å². The van der Waals surface area contributed by atoms with Gasteiger partial charge in [-0.25, -0.2) is 0 Å². The van der Waals surface area contributed by atoms with Gasteiger partial charge in [-0.3, -0.25) is 0 Å². The first-order valence-electron chi connectivity index (χ1n) is 6.68. The average Bonchev–Trinajstić information content (AvgIpc) is 2.31. The van der Waals surface area contributed by atoms with E-state index in [0.29, 0.717) is 0 Å². The molecule has 16 heavy (non-hydrogen) atoms. The molecule has 0 aromatic carbocycles. The van der Waals surface area contributed by atoms with Crippen molar-refractivity contribution in [2.45, 2.75) is 64.2 Å². The molecule has 0 nitrogen and oxygen atoms in total. The van der Waals surface area contributed by atoms with Crippen molar-refractivity contribution in [1.82, 2.24) is 0 Å². The van der Waals surface area contributed by atoms with E-state index in [1.54, 1.807) is 0 Å². The van der Waals surface area contributed by atoms with E-state index in [9.17, 15) is 0 Å². The van der Waals surface area contributed by atoms with E-state index in [-0.39, 0.29) is 0 Å². The third-order valence-electron chi connectivity index (χ3n) is 2.76. The number of alkyl halides is 2. The third-order valence-corrected chi connectivity index (χ3v) is 3.54. The molecule has 0 saturated heterocycles. The molecule has 0 aromatic heterocycles. The molecule has 0 aliphatic heterocycles. The SMILES string of the molecule is ClCCCCCCCCCCCC=CCI. The predicted molar refractivity (Wildman–Crippen MR) is 84.9 cm³/mol. The van der Waals surface area contributed by atoms with Gasteiger partial charge in [-0.1, -0.05) is 79.7 Å². The maximum absolute atomic E-state index is 5.63. The molecular weight excluding hydrogens is 331 g/mol. The van der Waals surface area contributed by atoms with Gasteiger partial charge in [0.1, 0.15) is 0 Å². The van der Waals surface area contributed by atoms with Crippen molar-refractivity contribution >= 4 is 34.2 Å². The highest BCUT2D eigenvalue weighted by molar-refractivity contribution is 14.1. The van der Waals surface area contributed by atoms with Crippen LogP contribution in [0.1, 0.15) is 64.2 Å². The standard InChI is InChI=1S/C14H26ClI/c15-13-11-9-7-5-3-1-2-4-6-8-10-12-14-16/h10,12H,1-9,11,13-14H2. The third kappa shape index (κ3) is 14.8. The van der Waals surface area contributed by atoms with Gasteiger partial charge < -0.3 is 0 Å². The van der Waals surface area contributed by atoms with Crippen LogP contribution in [0.3, 0.4) is 0 Å². The Labute approximate surface area is 120 Å². The Morgan fingerprint density at radius 3 is 1.69 bits per heavy atom. The second-order valence-corrected chi connectivity index (χ2v) is 5.54. The fraction of sp³-hybridized carbons (Fsp3) is 0.857. The van der Waals surface area contributed by atoms with E-state index in [1.165, 1.54) is 64.2 Å². The van der Waals surface area contributed by atoms with Crippen molar-refractivity contribution in [1.29, 1.82) is 0 Å². The number of rotatable bonds is 12. The molecule has 0 rings (SSSR count). The Morgan fingerprint density at radius 1 is 0.688 bits per heavy atom. The highest BCUT2D eigenvalue weighted by atomic mass is 127. The van der Waals surface area contributed by atoms with Gasteiger partial charge in [-0.05, 0) is 19.3 Å². The molecule has 0 heterocycles. The minimum atomic E-state index is 0.838. The van der Waals surface area contributed by atoms with Crippen LogP contribution in [0.4, 0.5) is 0 Å². The summed E-state index contributed by atoms with van der Waals surface area (Å²) in [5.41, 5.74) is 0. The van der Waals surface area contributed by atoms with Crippen molar-refractivity contribution in [3.8, 4) is 0 Å². The summed E-state index contributed by atoms with van der Waals surface area (Å²) in [7, 11) is 0. The Hall–Kier alpha value is 0.760. The lowest BCUT2D eigenvalue weighted by Crippen LogP contribution is -1.82. The van der Waals surface area contributed by atoms with Gasteiger partial charge >= 0.3 is 0 Å². The Bertz CT molecular complexity index is 146. The molecule has 0 fully saturated rings. The maximum atomic E-state index is 5.63. The number of allylic oxidation sites excluding steroid dienone is 2. The predicted octanol–water partition coefficient (Wildman–Crippen LogP) is 6.12. The average molecular weight is 357 g/mol. The summed E-state index contributed by atoms with van der Waals surface area (Å²) >= 11 is 8.01. The van der Waals surface area contributed by atoms with Crippen molar-refractivity contribution in [3.63, 3.8) is 0 Å². The smallest absolute Gasteiger partial charge is 0.0223 e. The van der Waals surface area contributed by atoms with Crippen LogP contribution in [-0.2, 0) is 0 Å². The summed E-state index contributed by atoms with van der Waals surface area (Å²) in [6, 6.07) is 0. The van der Waals surface area contributed by atoms with Gasteiger partial charge in [0.15, 0.2) is 0 Å². The van der Waals surface area contributed by atoms with Crippen LogP contribution in [0.15, 0.2) is 12.2 Å². The molecule has 0 radical (unpaired) electrons. The van der Waals surface area contributed by atoms with Gasteiger partial charge in [-0.2, -0.15) is 0 Å². The molecule has 96 valence electrons. The highest BCUT2D eigenvalue weighted by Gasteiger charge is 1.91. The Morgan fingerprint density at radius 2 is 1.19 bits per heavy atom. The number of hydrogen-bond acceptors (Lipinski definition) is 0. The van der Waals surface area contributed by atoms with Gasteiger partial charge in [-0.15, -0.1) is 11.6 Å². The quantitative estimate of drug-likeness (QED) is 0.171. The first-order valence-corrected chi connectivity index (χ1v) is 8.74. The van der Waals surface area contributed by atoms with Gasteiger partial charge in [0, 0.05) is 10.3 Å². The van der Waals surface area contributed by atoms with E-state index in [4.69, 9.17) is 11.6 Å². The molecule has 0 amide bonds. The summed E-state index contributed by atoms with van der Waals surface area (Å²) in [5.74, 6) is 0.838. The molecule has 0 aliphatic rings. The zero-order valence-electron chi connectivity index (χ0n) is 10.4. The highest BCUT2D eigenvalue weighted by Crippen LogP contribution is 2.11. The van der Waals surface area contributed by atoms with Crippen molar-refractivity contribution in [2.24, 2.45) is 0 Å². The molecule has 0 unspecified atom stereocenters. The van der Waals surface area contributed by atoms with Gasteiger partial charge in [0.2, 0.25) is 0 Å². The van der Waals surface area contributed by atoms with Crippen LogP contribution >= 0.6 is 34.2 Å². The minimum absolute atomic E-state index is 0.838. The first kappa shape index (κ1) is 16.8. The number of hydrogen-bond donors (Lipinski definition) is 0. The summed E-state index contributed by atoms with van der Waals surface area (Å²) in [6.07, 6.45) is 18.2. The summed E-state index contributed by atoms with van der Waals surface area (Å²) in [5, 5.41) is 0. The molecule has 0 aromatic rings. The maximum Gasteiger partial charge on any atom is 0.0223 e. The molecule has 0 bridgehead atoms. The lowest BCUT2D eigenvalue weighted by molar-refractivity contribution is 0.567. The van der Waals surface area contributed by atoms with Crippen LogP contribution in [0.2, 0.25) is 0 Å². The second kappa shape index (κ2) is 15.8. The van der Waals surface area contributed by atoms with E-state index in [0.717, 1.165) is 10.3 Å². The minimum Gasteiger partial charge on any atom is -0.127 e. The zero-order chi connectivity index (χ0) is 11.9. The first-order chi connectivity index (χ1) is 7.91. The van der Waals surface area contributed by atoms with Crippen LogP contribution in [0.25, 0.3) is 0 Å². The van der Waals surface area contributed by atoms with E-state index in [2.05, 4.69) is 34.7 Å². The molecule has 0 N–H and O–H groups in total. The molecule has 0 saturated carbocycles. The van der Waals surface area contributed by atoms with Gasteiger partial charge in [0.05, 0.1) is 0 Å². The van der Waals surface area contributed by atoms with Crippen LogP contribution in [0.5, 0.6) is 0 Å². The molecular formula is C14H26ClI.